The van der Waals surface area contributed by atoms with E-state index < -0.39 is 0 Å². The fourth-order valence-corrected chi connectivity index (χ4v) is 7.37. The number of allylic oxidation sites excluding steroid dienone is 4. The Morgan fingerprint density at radius 1 is 0.562 bits per heavy atom. The van der Waals surface area contributed by atoms with Crippen LogP contribution in [0.25, 0.3) is 0 Å². The van der Waals surface area contributed by atoms with Gasteiger partial charge in [0.05, 0.1) is 0 Å². The molecule has 0 heterocycles. The molecule has 0 aromatic carbocycles. The zero-order chi connectivity index (χ0) is 22.4. The average molecular weight is 441 g/mol. The second kappa shape index (κ2) is 15.4. The normalized spacial score (nSPS) is 34.4. The summed E-state index contributed by atoms with van der Waals surface area (Å²) in [6.45, 7) is 4.48. The molecule has 0 heteroatoms. The SMILES string of the molecule is CC=CCCC1CCC(C=CCCC2CCC(C3CCC(CCCCC)CC3)CC2)CC1. The van der Waals surface area contributed by atoms with Crippen LogP contribution in [0.4, 0.5) is 0 Å². The number of hydrogen-bond acceptors (Lipinski definition) is 0. The molecule has 0 atom stereocenters. The van der Waals surface area contributed by atoms with Crippen LogP contribution in [-0.4, -0.2) is 0 Å². The maximum Gasteiger partial charge on any atom is -0.0233 e. The van der Waals surface area contributed by atoms with E-state index in [1.54, 1.807) is 38.5 Å². The van der Waals surface area contributed by atoms with Gasteiger partial charge in [0.25, 0.3) is 0 Å². The fraction of sp³-hybridized carbons (Fsp3) is 0.875. The topological polar surface area (TPSA) is 0 Å². The highest BCUT2D eigenvalue weighted by Gasteiger charge is 2.30. The summed E-state index contributed by atoms with van der Waals surface area (Å²) in [6, 6.07) is 0. The summed E-state index contributed by atoms with van der Waals surface area (Å²) in [7, 11) is 0. The predicted octanol–water partition coefficient (Wildman–Crippen LogP) is 10.7. The first-order chi connectivity index (χ1) is 15.8. The van der Waals surface area contributed by atoms with Crippen LogP contribution in [0.2, 0.25) is 0 Å². The third kappa shape index (κ3) is 9.38. The van der Waals surface area contributed by atoms with E-state index in [0.29, 0.717) is 0 Å². The van der Waals surface area contributed by atoms with Gasteiger partial charge in [0.1, 0.15) is 0 Å². The summed E-state index contributed by atoms with van der Waals surface area (Å²) in [5, 5.41) is 0. The maximum atomic E-state index is 2.60. The minimum absolute atomic E-state index is 0.890. The Labute approximate surface area is 202 Å². The highest BCUT2D eigenvalue weighted by atomic mass is 14.4. The molecule has 184 valence electrons. The lowest BCUT2D eigenvalue weighted by Gasteiger charge is -2.38. The largest absolute Gasteiger partial charge is 0.0917 e. The number of rotatable bonds is 12. The zero-order valence-electron chi connectivity index (χ0n) is 21.9. The van der Waals surface area contributed by atoms with Gasteiger partial charge in [-0.15, -0.1) is 0 Å². The molecule has 0 aliphatic heterocycles. The molecule has 0 spiro atoms. The van der Waals surface area contributed by atoms with Crippen LogP contribution < -0.4 is 0 Å². The lowest BCUT2D eigenvalue weighted by molar-refractivity contribution is 0.140. The Balaban J connectivity index is 1.22. The molecule has 0 amide bonds. The molecular formula is C32H56. The summed E-state index contributed by atoms with van der Waals surface area (Å²) in [5.41, 5.74) is 0. The average Bonchev–Trinajstić information content (AvgIpc) is 2.84. The lowest BCUT2D eigenvalue weighted by Crippen LogP contribution is -2.25. The molecule has 0 nitrogen and oxygen atoms in total. The van der Waals surface area contributed by atoms with E-state index in [1.165, 1.54) is 89.9 Å². The summed E-state index contributed by atoms with van der Waals surface area (Å²) >= 11 is 0. The Kier molecular flexibility index (Phi) is 12.6. The summed E-state index contributed by atoms with van der Waals surface area (Å²) in [6.07, 6.45) is 39.3. The fourth-order valence-electron chi connectivity index (χ4n) is 7.37. The highest BCUT2D eigenvalue weighted by molar-refractivity contribution is 4.92. The zero-order valence-corrected chi connectivity index (χ0v) is 21.9. The maximum absolute atomic E-state index is 2.60. The van der Waals surface area contributed by atoms with E-state index in [4.69, 9.17) is 0 Å². The first-order valence-corrected chi connectivity index (χ1v) is 15.1. The molecule has 0 radical (unpaired) electrons. The van der Waals surface area contributed by atoms with Crippen molar-refractivity contribution in [2.75, 3.05) is 0 Å². The molecule has 3 rings (SSSR count). The quantitative estimate of drug-likeness (QED) is 0.209. The van der Waals surface area contributed by atoms with Crippen molar-refractivity contribution in [3.63, 3.8) is 0 Å². The third-order valence-electron chi connectivity index (χ3n) is 9.68. The summed E-state index contributed by atoms with van der Waals surface area (Å²) in [4.78, 5) is 0. The molecule has 3 saturated carbocycles. The molecule has 0 bridgehead atoms. The molecule has 0 unspecified atom stereocenters. The Morgan fingerprint density at radius 3 is 1.59 bits per heavy atom. The molecule has 3 aliphatic carbocycles. The van der Waals surface area contributed by atoms with Crippen molar-refractivity contribution >= 4 is 0 Å². The molecule has 0 aromatic heterocycles. The van der Waals surface area contributed by atoms with Crippen molar-refractivity contribution in [3.05, 3.63) is 24.3 Å². The monoisotopic (exact) mass is 440 g/mol. The lowest BCUT2D eigenvalue weighted by atomic mass is 9.68. The van der Waals surface area contributed by atoms with Crippen LogP contribution in [-0.2, 0) is 0 Å². The smallest absolute Gasteiger partial charge is 0.0233 e. The van der Waals surface area contributed by atoms with Crippen LogP contribution in [0.5, 0.6) is 0 Å². The van der Waals surface area contributed by atoms with Crippen LogP contribution >= 0.6 is 0 Å². The van der Waals surface area contributed by atoms with Gasteiger partial charge in [0.15, 0.2) is 0 Å². The summed E-state index contributed by atoms with van der Waals surface area (Å²) in [5.74, 6) is 6.17. The first-order valence-electron chi connectivity index (χ1n) is 15.1. The molecule has 0 N–H and O–H groups in total. The van der Waals surface area contributed by atoms with Crippen molar-refractivity contribution in [3.8, 4) is 0 Å². The third-order valence-corrected chi connectivity index (χ3v) is 9.68. The van der Waals surface area contributed by atoms with Crippen molar-refractivity contribution in [2.24, 2.45) is 35.5 Å². The van der Waals surface area contributed by atoms with Gasteiger partial charge in [-0.3, -0.25) is 0 Å². The van der Waals surface area contributed by atoms with Crippen molar-refractivity contribution in [2.45, 2.75) is 142 Å². The molecule has 3 fully saturated rings. The van der Waals surface area contributed by atoms with Gasteiger partial charge in [0.2, 0.25) is 0 Å². The molecule has 3 aliphatic rings. The van der Waals surface area contributed by atoms with E-state index in [-0.39, 0.29) is 0 Å². The van der Waals surface area contributed by atoms with Gasteiger partial charge in [-0.05, 0) is 119 Å². The molecular weight excluding hydrogens is 384 g/mol. The Bertz CT molecular complexity index is 504. The van der Waals surface area contributed by atoms with Crippen LogP contribution in [0.1, 0.15) is 142 Å². The molecule has 32 heavy (non-hydrogen) atoms. The van der Waals surface area contributed by atoms with Crippen molar-refractivity contribution < 1.29 is 0 Å². The van der Waals surface area contributed by atoms with Gasteiger partial charge in [-0.1, -0.05) is 82.6 Å². The number of unbranched alkanes of at least 4 members (excludes halogenated alkanes) is 2. The highest BCUT2D eigenvalue weighted by Crippen LogP contribution is 2.43. The van der Waals surface area contributed by atoms with Crippen molar-refractivity contribution in [1.82, 2.24) is 0 Å². The second-order valence-corrected chi connectivity index (χ2v) is 12.0. The van der Waals surface area contributed by atoms with Gasteiger partial charge in [-0.25, -0.2) is 0 Å². The van der Waals surface area contributed by atoms with E-state index >= 15 is 0 Å². The number of hydrogen-bond donors (Lipinski definition) is 0. The Morgan fingerprint density at radius 2 is 1.06 bits per heavy atom. The van der Waals surface area contributed by atoms with E-state index in [1.807, 2.05) is 0 Å². The second-order valence-electron chi connectivity index (χ2n) is 12.0. The minimum Gasteiger partial charge on any atom is -0.0917 e. The van der Waals surface area contributed by atoms with Crippen molar-refractivity contribution in [1.29, 1.82) is 0 Å². The Hall–Kier alpha value is -0.520. The van der Waals surface area contributed by atoms with E-state index in [9.17, 15) is 0 Å². The minimum atomic E-state index is 0.890. The van der Waals surface area contributed by atoms with Crippen LogP contribution in [0, 0.1) is 35.5 Å². The summed E-state index contributed by atoms with van der Waals surface area (Å²) < 4.78 is 0. The van der Waals surface area contributed by atoms with Gasteiger partial charge in [-0.2, -0.15) is 0 Å². The standard InChI is InChI=1S/C32H56/c1-3-5-7-11-27-15-17-28(18-16-27)13-9-10-14-30-21-25-32(26-22-30)31-23-19-29(20-24-31)12-8-6-4-2/h3,5,9,13,27-32H,4,6-8,10-12,14-26H2,1-2H3. The van der Waals surface area contributed by atoms with E-state index in [0.717, 1.165) is 35.5 Å². The molecule has 0 saturated heterocycles. The molecule has 0 aromatic rings. The van der Waals surface area contributed by atoms with Gasteiger partial charge in [0, 0.05) is 0 Å². The first kappa shape index (κ1) is 26.1. The van der Waals surface area contributed by atoms with Gasteiger partial charge >= 0.3 is 0 Å². The predicted molar refractivity (Wildman–Crippen MR) is 143 cm³/mol. The van der Waals surface area contributed by atoms with Crippen LogP contribution in [0.3, 0.4) is 0 Å². The van der Waals surface area contributed by atoms with Crippen LogP contribution in [0.15, 0.2) is 24.3 Å². The van der Waals surface area contributed by atoms with E-state index in [2.05, 4.69) is 38.2 Å². The van der Waals surface area contributed by atoms with Gasteiger partial charge < -0.3 is 0 Å².